The van der Waals surface area contributed by atoms with Gasteiger partial charge in [-0.25, -0.2) is 4.98 Å². The highest BCUT2D eigenvalue weighted by molar-refractivity contribution is 6.21. The summed E-state index contributed by atoms with van der Waals surface area (Å²) in [6.45, 7) is 0.130. The fourth-order valence-corrected chi connectivity index (χ4v) is 3.73. The third kappa shape index (κ3) is 2.27. The van der Waals surface area contributed by atoms with Crippen LogP contribution >= 0.6 is 11.6 Å². The number of aromatic nitrogens is 1. The van der Waals surface area contributed by atoms with E-state index in [1.807, 2.05) is 6.07 Å². The van der Waals surface area contributed by atoms with E-state index < -0.39 is 0 Å². The van der Waals surface area contributed by atoms with E-state index in [2.05, 4.69) is 4.98 Å². The van der Waals surface area contributed by atoms with Crippen molar-refractivity contribution in [1.29, 1.82) is 0 Å². The Bertz CT molecular complexity index is 830. The normalized spacial score (nSPS) is 19.4. The molecule has 5 nitrogen and oxygen atoms in total. The number of rotatable bonds is 2. The molecule has 4 rings (SSSR count). The van der Waals surface area contributed by atoms with Crippen LogP contribution in [0.4, 0.5) is 5.82 Å². The van der Waals surface area contributed by atoms with Crippen molar-refractivity contribution in [2.24, 2.45) is 0 Å². The molecule has 1 aromatic carbocycles. The summed E-state index contributed by atoms with van der Waals surface area (Å²) in [6, 6.07) is 8.78. The number of amides is 2. The molecule has 24 heavy (non-hydrogen) atoms. The van der Waals surface area contributed by atoms with Crippen molar-refractivity contribution in [3.63, 3.8) is 0 Å². The number of carbonyl (C=O) groups excluding carboxylic acids is 2. The van der Waals surface area contributed by atoms with Crippen LogP contribution in [-0.4, -0.2) is 21.7 Å². The third-order valence-electron chi connectivity index (χ3n) is 4.65. The fraction of sp³-hybridized carbons (Fsp3) is 0.278. The van der Waals surface area contributed by atoms with Crippen LogP contribution in [0.2, 0.25) is 0 Å². The Balaban J connectivity index is 1.67. The fourth-order valence-electron chi connectivity index (χ4n) is 3.39. The second-order valence-corrected chi connectivity index (χ2v) is 6.71. The molecule has 122 valence electrons. The molecular formula is C18H16ClN3O2. The van der Waals surface area contributed by atoms with Crippen molar-refractivity contribution in [2.45, 2.75) is 31.2 Å². The lowest BCUT2D eigenvalue weighted by Gasteiger charge is -2.22. The number of nitrogen functional groups attached to an aromatic ring is 1. The van der Waals surface area contributed by atoms with Crippen LogP contribution in [0.1, 0.15) is 55.8 Å². The predicted molar refractivity (Wildman–Crippen MR) is 90.8 cm³/mol. The Labute approximate surface area is 144 Å². The van der Waals surface area contributed by atoms with Gasteiger partial charge >= 0.3 is 0 Å². The molecule has 0 radical (unpaired) electrons. The number of imide groups is 1. The van der Waals surface area contributed by atoms with Crippen molar-refractivity contribution in [2.75, 3.05) is 5.73 Å². The van der Waals surface area contributed by atoms with E-state index in [-0.39, 0.29) is 23.7 Å². The van der Waals surface area contributed by atoms with E-state index in [0.29, 0.717) is 22.5 Å². The first-order chi connectivity index (χ1) is 11.6. The first-order valence-corrected chi connectivity index (χ1v) is 8.37. The molecule has 2 aromatic rings. The Morgan fingerprint density at radius 2 is 1.88 bits per heavy atom. The highest BCUT2D eigenvalue weighted by Crippen LogP contribution is 2.35. The monoisotopic (exact) mass is 341 g/mol. The van der Waals surface area contributed by atoms with E-state index in [1.165, 1.54) is 4.90 Å². The van der Waals surface area contributed by atoms with Crippen molar-refractivity contribution >= 4 is 29.2 Å². The maximum atomic E-state index is 12.5. The molecule has 1 atom stereocenters. The van der Waals surface area contributed by atoms with Crippen LogP contribution < -0.4 is 5.73 Å². The number of benzene rings is 1. The second kappa shape index (κ2) is 5.60. The number of hydrogen-bond donors (Lipinski definition) is 1. The molecule has 2 amide bonds. The molecule has 0 saturated heterocycles. The maximum Gasteiger partial charge on any atom is 0.261 e. The molecule has 2 N–H and O–H groups in total. The average Bonchev–Trinajstić information content (AvgIpc) is 2.82. The SMILES string of the molecule is Nc1nc2c(cc1CN1C(=O)c3ccccc3C1=O)CCCC2Cl. The minimum Gasteiger partial charge on any atom is -0.383 e. The minimum atomic E-state index is -0.289. The van der Waals surface area contributed by atoms with Crippen molar-refractivity contribution in [3.8, 4) is 0 Å². The van der Waals surface area contributed by atoms with Gasteiger partial charge in [-0.05, 0) is 43.0 Å². The molecule has 1 aromatic heterocycles. The standard InChI is InChI=1S/C18H16ClN3O2/c19-14-7-3-4-10-8-11(16(20)21-15(10)14)9-22-17(23)12-5-1-2-6-13(12)18(22)24/h1-2,5-6,8,14H,3-4,7,9H2,(H2,20,21). The maximum absolute atomic E-state index is 12.5. The summed E-state index contributed by atoms with van der Waals surface area (Å²) in [5, 5.41) is -0.121. The second-order valence-electron chi connectivity index (χ2n) is 6.18. The zero-order valence-electron chi connectivity index (χ0n) is 13.0. The van der Waals surface area contributed by atoms with Gasteiger partial charge in [0, 0.05) is 5.56 Å². The highest BCUT2D eigenvalue weighted by Gasteiger charge is 2.35. The van der Waals surface area contributed by atoms with Gasteiger partial charge in [0.15, 0.2) is 0 Å². The van der Waals surface area contributed by atoms with Crippen molar-refractivity contribution in [3.05, 3.63) is 58.3 Å². The van der Waals surface area contributed by atoms with Crippen LogP contribution in [0.3, 0.4) is 0 Å². The molecule has 1 aliphatic heterocycles. The summed E-state index contributed by atoms with van der Waals surface area (Å²) in [6.07, 6.45) is 2.78. The first-order valence-electron chi connectivity index (χ1n) is 7.93. The number of fused-ring (bicyclic) bond motifs is 2. The summed E-state index contributed by atoms with van der Waals surface area (Å²) in [5.41, 5.74) is 9.51. The first kappa shape index (κ1) is 15.1. The lowest BCUT2D eigenvalue weighted by atomic mass is 9.94. The lowest BCUT2D eigenvalue weighted by Crippen LogP contribution is -2.30. The third-order valence-corrected chi connectivity index (χ3v) is 5.08. The zero-order valence-corrected chi connectivity index (χ0v) is 13.7. The quantitative estimate of drug-likeness (QED) is 0.672. The number of nitrogens with two attached hydrogens (primary N) is 1. The number of carbonyl (C=O) groups is 2. The number of aryl methyl sites for hydroxylation is 1. The van der Waals surface area contributed by atoms with Gasteiger partial charge in [-0.15, -0.1) is 11.6 Å². The average molecular weight is 342 g/mol. The van der Waals surface area contributed by atoms with Crippen LogP contribution in [0, 0.1) is 0 Å². The number of halogens is 1. The predicted octanol–water partition coefficient (Wildman–Crippen LogP) is 3.08. The van der Waals surface area contributed by atoms with Gasteiger partial charge in [0.05, 0.1) is 28.7 Å². The molecule has 2 aliphatic rings. The minimum absolute atomic E-state index is 0.121. The van der Waals surface area contributed by atoms with E-state index >= 15 is 0 Å². The van der Waals surface area contributed by atoms with Gasteiger partial charge in [0.2, 0.25) is 0 Å². The van der Waals surface area contributed by atoms with Crippen LogP contribution in [0.15, 0.2) is 30.3 Å². The van der Waals surface area contributed by atoms with E-state index in [4.69, 9.17) is 17.3 Å². The van der Waals surface area contributed by atoms with Crippen LogP contribution in [0.25, 0.3) is 0 Å². The number of hydrogen-bond acceptors (Lipinski definition) is 4. The van der Waals surface area contributed by atoms with Gasteiger partial charge in [-0.3, -0.25) is 14.5 Å². The molecule has 0 fully saturated rings. The topological polar surface area (TPSA) is 76.3 Å². The summed E-state index contributed by atoms with van der Waals surface area (Å²) >= 11 is 6.31. The molecule has 0 bridgehead atoms. The molecule has 6 heteroatoms. The molecule has 1 unspecified atom stereocenters. The van der Waals surface area contributed by atoms with Gasteiger partial charge in [-0.2, -0.15) is 0 Å². The molecule has 0 spiro atoms. The van der Waals surface area contributed by atoms with E-state index in [9.17, 15) is 9.59 Å². The molecule has 2 heterocycles. The molecule has 1 aliphatic carbocycles. The number of alkyl halides is 1. The molecular weight excluding hydrogens is 326 g/mol. The van der Waals surface area contributed by atoms with Gasteiger partial charge < -0.3 is 5.73 Å². The number of pyridine rings is 1. The van der Waals surface area contributed by atoms with Crippen LogP contribution in [-0.2, 0) is 13.0 Å². The summed E-state index contributed by atoms with van der Waals surface area (Å²) < 4.78 is 0. The van der Waals surface area contributed by atoms with E-state index in [1.54, 1.807) is 24.3 Å². The van der Waals surface area contributed by atoms with Crippen molar-refractivity contribution in [1.82, 2.24) is 9.88 Å². The highest BCUT2D eigenvalue weighted by atomic mass is 35.5. The zero-order chi connectivity index (χ0) is 16.8. The Kier molecular flexibility index (Phi) is 3.53. The van der Waals surface area contributed by atoms with Crippen molar-refractivity contribution < 1.29 is 9.59 Å². The van der Waals surface area contributed by atoms with Gasteiger partial charge in [0.1, 0.15) is 5.82 Å². The van der Waals surface area contributed by atoms with Gasteiger partial charge in [-0.1, -0.05) is 12.1 Å². The van der Waals surface area contributed by atoms with Crippen LogP contribution in [0.5, 0.6) is 0 Å². The Morgan fingerprint density at radius 3 is 2.54 bits per heavy atom. The smallest absolute Gasteiger partial charge is 0.261 e. The Hall–Kier alpha value is -2.40. The largest absolute Gasteiger partial charge is 0.383 e. The van der Waals surface area contributed by atoms with Gasteiger partial charge in [0.25, 0.3) is 11.8 Å². The summed E-state index contributed by atoms with van der Waals surface area (Å²) in [4.78, 5) is 30.6. The number of anilines is 1. The lowest BCUT2D eigenvalue weighted by molar-refractivity contribution is 0.0642. The summed E-state index contributed by atoms with van der Waals surface area (Å²) in [7, 11) is 0. The molecule has 0 saturated carbocycles. The van der Waals surface area contributed by atoms with E-state index in [0.717, 1.165) is 30.5 Å². The Morgan fingerprint density at radius 1 is 1.21 bits per heavy atom. The number of nitrogens with zero attached hydrogens (tertiary/aromatic N) is 2. The summed E-state index contributed by atoms with van der Waals surface area (Å²) in [5.74, 6) is -0.247.